The quantitative estimate of drug-likeness (QED) is 0.387. The maximum absolute atomic E-state index is 12.9. The molecule has 31 heavy (non-hydrogen) atoms. The van der Waals surface area contributed by atoms with Crippen LogP contribution in [-0.4, -0.2) is 26.0 Å². The summed E-state index contributed by atoms with van der Waals surface area (Å²) in [5, 5.41) is 1.25. The SMILES string of the molecule is C=CCn1cc(CN2CCc3nc(-c4ccc(N)cc4)[nH]c(=O)c3C2)c2ccccc21. The van der Waals surface area contributed by atoms with Crippen LogP contribution < -0.4 is 11.3 Å². The summed E-state index contributed by atoms with van der Waals surface area (Å²) in [6.07, 6.45) is 4.87. The molecule has 6 heteroatoms. The zero-order valence-corrected chi connectivity index (χ0v) is 17.3. The van der Waals surface area contributed by atoms with Gasteiger partial charge in [0.05, 0.1) is 11.3 Å². The predicted molar refractivity (Wildman–Crippen MR) is 125 cm³/mol. The average molecular weight is 412 g/mol. The van der Waals surface area contributed by atoms with Crippen molar-refractivity contribution in [1.29, 1.82) is 0 Å². The molecule has 0 spiro atoms. The van der Waals surface area contributed by atoms with Crippen LogP contribution in [0.3, 0.4) is 0 Å². The number of hydrogen-bond donors (Lipinski definition) is 2. The third kappa shape index (κ3) is 3.66. The second kappa shape index (κ2) is 7.89. The fourth-order valence-corrected chi connectivity index (χ4v) is 4.37. The van der Waals surface area contributed by atoms with Gasteiger partial charge in [0.2, 0.25) is 0 Å². The van der Waals surface area contributed by atoms with E-state index in [4.69, 9.17) is 10.7 Å². The van der Waals surface area contributed by atoms with Crippen LogP contribution in [0.15, 0.2) is 72.2 Å². The largest absolute Gasteiger partial charge is 0.399 e. The maximum Gasteiger partial charge on any atom is 0.255 e. The molecule has 0 unspecified atom stereocenters. The summed E-state index contributed by atoms with van der Waals surface area (Å²) in [5.41, 5.74) is 11.4. The number of benzene rings is 2. The number of allylic oxidation sites excluding steroid dienone is 1. The molecule has 0 saturated carbocycles. The Balaban J connectivity index is 1.42. The Bertz CT molecular complexity index is 1320. The van der Waals surface area contributed by atoms with E-state index in [0.717, 1.165) is 42.9 Å². The summed E-state index contributed by atoms with van der Waals surface area (Å²) in [4.78, 5) is 22.9. The van der Waals surface area contributed by atoms with Crippen LogP contribution in [0.5, 0.6) is 0 Å². The summed E-state index contributed by atoms with van der Waals surface area (Å²) >= 11 is 0. The number of para-hydroxylation sites is 1. The molecule has 0 bridgehead atoms. The number of nitrogens with two attached hydrogens (primary N) is 1. The third-order valence-electron chi connectivity index (χ3n) is 5.92. The number of anilines is 1. The molecule has 6 nitrogen and oxygen atoms in total. The number of nitrogens with one attached hydrogen (secondary N) is 1. The summed E-state index contributed by atoms with van der Waals surface area (Å²) in [5.74, 6) is 0.602. The van der Waals surface area contributed by atoms with E-state index in [1.54, 1.807) is 0 Å². The first-order valence-electron chi connectivity index (χ1n) is 10.5. The minimum absolute atomic E-state index is 0.0596. The van der Waals surface area contributed by atoms with E-state index in [0.29, 0.717) is 18.1 Å². The van der Waals surface area contributed by atoms with Crippen molar-refractivity contribution in [3.63, 3.8) is 0 Å². The molecule has 0 atom stereocenters. The number of rotatable bonds is 5. The van der Waals surface area contributed by atoms with Gasteiger partial charge in [-0.3, -0.25) is 9.69 Å². The Morgan fingerprint density at radius 2 is 1.97 bits per heavy atom. The number of nitrogens with zero attached hydrogens (tertiary/aromatic N) is 3. The molecule has 0 amide bonds. The second-order valence-corrected chi connectivity index (χ2v) is 8.03. The highest BCUT2D eigenvalue weighted by Crippen LogP contribution is 2.25. The highest BCUT2D eigenvalue weighted by atomic mass is 16.1. The van der Waals surface area contributed by atoms with Gasteiger partial charge in [0.15, 0.2) is 0 Å². The molecule has 2 aromatic carbocycles. The van der Waals surface area contributed by atoms with Gasteiger partial charge in [-0.15, -0.1) is 6.58 Å². The van der Waals surface area contributed by atoms with E-state index in [-0.39, 0.29) is 5.56 Å². The highest BCUT2D eigenvalue weighted by Gasteiger charge is 2.22. The Morgan fingerprint density at radius 1 is 1.16 bits per heavy atom. The number of hydrogen-bond acceptors (Lipinski definition) is 4. The first-order valence-corrected chi connectivity index (χ1v) is 10.5. The lowest BCUT2D eigenvalue weighted by Crippen LogP contribution is -2.35. The minimum atomic E-state index is -0.0596. The van der Waals surface area contributed by atoms with Crippen molar-refractivity contribution in [2.24, 2.45) is 0 Å². The summed E-state index contributed by atoms with van der Waals surface area (Å²) < 4.78 is 2.23. The van der Waals surface area contributed by atoms with Gasteiger partial charge < -0.3 is 15.3 Å². The Hall–Kier alpha value is -3.64. The van der Waals surface area contributed by atoms with E-state index >= 15 is 0 Å². The van der Waals surface area contributed by atoms with Crippen LogP contribution in [0.25, 0.3) is 22.3 Å². The van der Waals surface area contributed by atoms with Crippen molar-refractivity contribution in [3.05, 3.63) is 94.6 Å². The van der Waals surface area contributed by atoms with Gasteiger partial charge in [-0.2, -0.15) is 0 Å². The molecule has 0 radical (unpaired) electrons. The zero-order valence-electron chi connectivity index (χ0n) is 17.3. The monoisotopic (exact) mass is 411 g/mol. The molecule has 0 saturated heterocycles. The van der Waals surface area contributed by atoms with Crippen molar-refractivity contribution in [3.8, 4) is 11.4 Å². The van der Waals surface area contributed by atoms with E-state index < -0.39 is 0 Å². The average Bonchev–Trinajstić information content (AvgIpc) is 3.12. The first kappa shape index (κ1) is 19.3. The Morgan fingerprint density at radius 3 is 2.77 bits per heavy atom. The first-order chi connectivity index (χ1) is 15.1. The van der Waals surface area contributed by atoms with Crippen LogP contribution >= 0.6 is 0 Å². The number of aromatic nitrogens is 3. The predicted octanol–water partition coefficient (Wildman–Crippen LogP) is 3.72. The molecule has 0 aliphatic carbocycles. The fourth-order valence-electron chi connectivity index (χ4n) is 4.37. The number of aromatic amines is 1. The van der Waals surface area contributed by atoms with Crippen LogP contribution in [0.4, 0.5) is 5.69 Å². The molecule has 4 aromatic rings. The molecule has 5 rings (SSSR count). The summed E-state index contributed by atoms with van der Waals surface area (Å²) in [6, 6.07) is 15.8. The summed E-state index contributed by atoms with van der Waals surface area (Å²) in [7, 11) is 0. The Labute approximate surface area is 180 Å². The van der Waals surface area contributed by atoms with E-state index in [1.807, 2.05) is 30.3 Å². The van der Waals surface area contributed by atoms with Gasteiger partial charge in [0.1, 0.15) is 5.82 Å². The molecule has 0 fully saturated rings. The van der Waals surface area contributed by atoms with Crippen LogP contribution in [0, 0.1) is 0 Å². The van der Waals surface area contributed by atoms with E-state index in [9.17, 15) is 4.79 Å². The van der Waals surface area contributed by atoms with Gasteiger partial charge >= 0.3 is 0 Å². The van der Waals surface area contributed by atoms with Crippen molar-refractivity contribution in [1.82, 2.24) is 19.4 Å². The highest BCUT2D eigenvalue weighted by molar-refractivity contribution is 5.84. The standard InChI is InChI=1S/C25H25N5O/c1-2-12-30-15-18(20-5-3-4-6-23(20)30)14-29-13-11-22-21(16-29)25(31)28-24(27-22)17-7-9-19(26)10-8-17/h2-10,15H,1,11-14,16,26H2,(H,27,28,31). The van der Waals surface area contributed by atoms with E-state index in [2.05, 4.69) is 51.5 Å². The second-order valence-electron chi connectivity index (χ2n) is 8.03. The van der Waals surface area contributed by atoms with Crippen molar-refractivity contribution in [2.75, 3.05) is 12.3 Å². The maximum atomic E-state index is 12.9. The molecular weight excluding hydrogens is 386 g/mol. The van der Waals surface area contributed by atoms with Gasteiger partial charge in [0.25, 0.3) is 5.56 Å². The Kier molecular flexibility index (Phi) is 4.92. The van der Waals surface area contributed by atoms with E-state index in [1.165, 1.54) is 16.5 Å². The third-order valence-corrected chi connectivity index (χ3v) is 5.92. The molecule has 3 heterocycles. The molecule has 3 N–H and O–H groups in total. The molecule has 1 aliphatic rings. The molecular formula is C25H25N5O. The smallest absolute Gasteiger partial charge is 0.255 e. The lowest BCUT2D eigenvalue weighted by atomic mass is 10.0. The molecule has 156 valence electrons. The number of fused-ring (bicyclic) bond motifs is 2. The summed E-state index contributed by atoms with van der Waals surface area (Å²) in [6.45, 7) is 6.91. The zero-order chi connectivity index (χ0) is 21.4. The van der Waals surface area contributed by atoms with Crippen molar-refractivity contribution < 1.29 is 0 Å². The minimum Gasteiger partial charge on any atom is -0.399 e. The lowest BCUT2D eigenvalue weighted by Gasteiger charge is -2.27. The van der Waals surface area contributed by atoms with Gasteiger partial charge in [-0.1, -0.05) is 24.3 Å². The van der Waals surface area contributed by atoms with Gasteiger partial charge in [0, 0.05) is 61.0 Å². The van der Waals surface area contributed by atoms with Gasteiger partial charge in [-0.25, -0.2) is 4.98 Å². The van der Waals surface area contributed by atoms with Crippen LogP contribution in [0.2, 0.25) is 0 Å². The van der Waals surface area contributed by atoms with Crippen LogP contribution in [-0.2, 0) is 26.1 Å². The van der Waals surface area contributed by atoms with Crippen molar-refractivity contribution >= 4 is 16.6 Å². The normalized spacial score (nSPS) is 13.9. The molecule has 1 aliphatic heterocycles. The van der Waals surface area contributed by atoms with Crippen LogP contribution in [0.1, 0.15) is 16.8 Å². The molecule has 2 aromatic heterocycles. The fraction of sp³-hybridized carbons (Fsp3) is 0.200. The topological polar surface area (TPSA) is 79.9 Å². The van der Waals surface area contributed by atoms with Crippen molar-refractivity contribution in [2.45, 2.75) is 26.1 Å². The van der Waals surface area contributed by atoms with Gasteiger partial charge in [-0.05, 0) is 35.9 Å². The lowest BCUT2D eigenvalue weighted by molar-refractivity contribution is 0.242. The number of nitrogen functional groups attached to an aromatic ring is 1. The number of H-pyrrole nitrogens is 1.